The first-order valence-electron chi connectivity index (χ1n) is 7.10. The van der Waals surface area contributed by atoms with E-state index >= 15 is 0 Å². The standard InChI is InChI=1S/C16H16ClN3O2S/c1-9-12(10-3-5-11(22-2)6-4-10)13-14(18-7-8-21)19-16(17)20-15(13)23-9/h3-6,21H,7-8H2,1-2H3,(H,18,19,20). The molecule has 3 aromatic rings. The fraction of sp³-hybridized carbons (Fsp3) is 0.250. The first kappa shape index (κ1) is 16.0. The van der Waals surface area contributed by atoms with Gasteiger partial charge in [0.15, 0.2) is 0 Å². The fourth-order valence-corrected chi connectivity index (χ4v) is 3.76. The number of hydrogen-bond acceptors (Lipinski definition) is 6. The molecule has 0 fully saturated rings. The number of halogens is 1. The summed E-state index contributed by atoms with van der Waals surface area (Å²) in [4.78, 5) is 10.6. The van der Waals surface area contributed by atoms with Crippen LogP contribution in [0.2, 0.25) is 5.28 Å². The number of aryl methyl sites for hydroxylation is 1. The van der Waals surface area contributed by atoms with E-state index in [1.807, 2.05) is 24.3 Å². The fourth-order valence-electron chi connectivity index (χ4n) is 2.49. The normalized spacial score (nSPS) is 11.0. The molecule has 0 spiro atoms. The molecule has 0 atom stereocenters. The van der Waals surface area contributed by atoms with Crippen LogP contribution in [-0.2, 0) is 0 Å². The van der Waals surface area contributed by atoms with Gasteiger partial charge in [0, 0.05) is 17.0 Å². The van der Waals surface area contributed by atoms with E-state index in [1.165, 1.54) is 0 Å². The van der Waals surface area contributed by atoms with Crippen molar-refractivity contribution in [3.05, 3.63) is 34.4 Å². The van der Waals surface area contributed by atoms with Crippen molar-refractivity contribution in [2.24, 2.45) is 0 Å². The van der Waals surface area contributed by atoms with Gasteiger partial charge in [-0.25, -0.2) is 9.97 Å². The van der Waals surface area contributed by atoms with Gasteiger partial charge in [-0.2, -0.15) is 0 Å². The van der Waals surface area contributed by atoms with E-state index in [0.29, 0.717) is 12.4 Å². The van der Waals surface area contributed by atoms with E-state index in [1.54, 1.807) is 18.4 Å². The number of benzene rings is 1. The van der Waals surface area contributed by atoms with Crippen LogP contribution in [0.5, 0.6) is 5.75 Å². The zero-order valence-electron chi connectivity index (χ0n) is 12.8. The summed E-state index contributed by atoms with van der Waals surface area (Å²) in [5.41, 5.74) is 2.14. The Bertz CT molecular complexity index is 833. The van der Waals surface area contributed by atoms with Crippen LogP contribution in [0.4, 0.5) is 5.82 Å². The molecule has 2 aromatic heterocycles. The number of anilines is 1. The third-order valence-corrected chi connectivity index (χ3v) is 4.65. The molecule has 3 rings (SSSR count). The summed E-state index contributed by atoms with van der Waals surface area (Å²) in [5, 5.41) is 13.3. The highest BCUT2D eigenvalue weighted by atomic mass is 35.5. The highest BCUT2D eigenvalue weighted by Gasteiger charge is 2.18. The molecule has 23 heavy (non-hydrogen) atoms. The van der Waals surface area contributed by atoms with E-state index in [9.17, 15) is 0 Å². The lowest BCUT2D eigenvalue weighted by Crippen LogP contribution is -2.07. The van der Waals surface area contributed by atoms with Crippen molar-refractivity contribution in [2.75, 3.05) is 25.6 Å². The number of ether oxygens (including phenoxy) is 1. The monoisotopic (exact) mass is 349 g/mol. The van der Waals surface area contributed by atoms with Crippen LogP contribution in [0.25, 0.3) is 21.3 Å². The zero-order valence-corrected chi connectivity index (χ0v) is 14.3. The Labute approximate surface area is 142 Å². The summed E-state index contributed by atoms with van der Waals surface area (Å²) in [6, 6.07) is 7.88. The van der Waals surface area contributed by atoms with Gasteiger partial charge in [-0.05, 0) is 36.2 Å². The average molecular weight is 350 g/mol. The lowest BCUT2D eigenvalue weighted by molar-refractivity contribution is 0.311. The minimum Gasteiger partial charge on any atom is -0.497 e. The Morgan fingerprint density at radius 3 is 2.65 bits per heavy atom. The zero-order chi connectivity index (χ0) is 16.4. The van der Waals surface area contributed by atoms with Gasteiger partial charge in [-0.1, -0.05) is 12.1 Å². The maximum atomic E-state index is 9.07. The molecule has 2 N–H and O–H groups in total. The molecule has 0 radical (unpaired) electrons. The van der Waals surface area contributed by atoms with Crippen LogP contribution in [0.3, 0.4) is 0 Å². The summed E-state index contributed by atoms with van der Waals surface area (Å²) in [6.07, 6.45) is 0. The van der Waals surface area contributed by atoms with E-state index in [0.717, 1.165) is 32.0 Å². The van der Waals surface area contributed by atoms with Crippen molar-refractivity contribution in [1.82, 2.24) is 9.97 Å². The molecule has 0 bridgehead atoms. The Hall–Kier alpha value is -1.89. The molecule has 2 heterocycles. The number of methoxy groups -OCH3 is 1. The first-order valence-corrected chi connectivity index (χ1v) is 8.29. The largest absolute Gasteiger partial charge is 0.497 e. The number of hydrogen-bond donors (Lipinski definition) is 2. The van der Waals surface area contributed by atoms with E-state index in [2.05, 4.69) is 22.2 Å². The van der Waals surface area contributed by atoms with Gasteiger partial charge in [0.25, 0.3) is 0 Å². The van der Waals surface area contributed by atoms with Crippen molar-refractivity contribution in [3.8, 4) is 16.9 Å². The van der Waals surface area contributed by atoms with Gasteiger partial charge < -0.3 is 15.2 Å². The van der Waals surface area contributed by atoms with Crippen LogP contribution < -0.4 is 10.1 Å². The first-order chi connectivity index (χ1) is 11.1. The SMILES string of the molecule is COc1ccc(-c2c(C)sc3nc(Cl)nc(NCCO)c23)cc1. The third-order valence-electron chi connectivity index (χ3n) is 3.48. The van der Waals surface area contributed by atoms with Crippen LogP contribution in [0.15, 0.2) is 24.3 Å². The van der Waals surface area contributed by atoms with Gasteiger partial charge in [0.05, 0.1) is 19.1 Å². The Balaban J connectivity index is 2.20. The number of aliphatic hydroxyl groups excluding tert-OH is 1. The van der Waals surface area contributed by atoms with Crippen LogP contribution in [0, 0.1) is 6.92 Å². The van der Waals surface area contributed by atoms with E-state index in [4.69, 9.17) is 21.4 Å². The molecule has 0 amide bonds. The molecule has 0 unspecified atom stereocenters. The number of fused-ring (bicyclic) bond motifs is 1. The highest BCUT2D eigenvalue weighted by molar-refractivity contribution is 7.19. The van der Waals surface area contributed by atoms with Crippen LogP contribution in [0.1, 0.15) is 4.88 Å². The van der Waals surface area contributed by atoms with Crippen molar-refractivity contribution in [2.45, 2.75) is 6.92 Å². The Kier molecular flexibility index (Phi) is 4.66. The van der Waals surface area contributed by atoms with Crippen molar-refractivity contribution >= 4 is 39.0 Å². The maximum Gasteiger partial charge on any atom is 0.225 e. The van der Waals surface area contributed by atoms with Crippen LogP contribution >= 0.6 is 22.9 Å². The summed E-state index contributed by atoms with van der Waals surface area (Å²) < 4.78 is 5.22. The summed E-state index contributed by atoms with van der Waals surface area (Å²) in [6.45, 7) is 2.47. The predicted molar refractivity (Wildman–Crippen MR) is 94.7 cm³/mol. The van der Waals surface area contributed by atoms with E-state index in [-0.39, 0.29) is 11.9 Å². The maximum absolute atomic E-state index is 9.07. The van der Waals surface area contributed by atoms with Crippen molar-refractivity contribution in [1.29, 1.82) is 0 Å². The topological polar surface area (TPSA) is 67.3 Å². The molecule has 120 valence electrons. The van der Waals surface area contributed by atoms with Gasteiger partial charge in [0.1, 0.15) is 16.4 Å². The third kappa shape index (κ3) is 3.10. The molecular formula is C16H16ClN3O2S. The van der Waals surface area contributed by atoms with Crippen LogP contribution in [-0.4, -0.2) is 35.3 Å². The van der Waals surface area contributed by atoms with Gasteiger partial charge in [-0.15, -0.1) is 11.3 Å². The molecule has 5 nitrogen and oxygen atoms in total. The summed E-state index contributed by atoms with van der Waals surface area (Å²) >= 11 is 7.59. The minimum atomic E-state index is 0.0180. The second-order valence-corrected chi connectivity index (χ2v) is 6.47. The molecule has 0 saturated heterocycles. The molecular weight excluding hydrogens is 334 g/mol. The number of rotatable bonds is 5. The molecule has 0 aliphatic carbocycles. The lowest BCUT2D eigenvalue weighted by atomic mass is 10.0. The number of aromatic nitrogens is 2. The smallest absolute Gasteiger partial charge is 0.225 e. The van der Waals surface area contributed by atoms with Gasteiger partial charge in [-0.3, -0.25) is 0 Å². The summed E-state index contributed by atoms with van der Waals surface area (Å²) in [7, 11) is 1.65. The van der Waals surface area contributed by atoms with Crippen molar-refractivity contribution in [3.63, 3.8) is 0 Å². The summed E-state index contributed by atoms with van der Waals surface area (Å²) in [5.74, 6) is 1.45. The number of thiophene rings is 1. The number of nitrogens with one attached hydrogen (secondary N) is 1. The molecule has 0 saturated carbocycles. The quantitative estimate of drug-likeness (QED) is 0.687. The minimum absolute atomic E-state index is 0.0180. The molecule has 0 aliphatic rings. The lowest BCUT2D eigenvalue weighted by Gasteiger charge is -2.09. The molecule has 0 aliphatic heterocycles. The van der Waals surface area contributed by atoms with Gasteiger partial charge in [0.2, 0.25) is 5.28 Å². The second kappa shape index (κ2) is 6.70. The van der Waals surface area contributed by atoms with E-state index < -0.39 is 0 Å². The van der Waals surface area contributed by atoms with Crippen molar-refractivity contribution < 1.29 is 9.84 Å². The molecule has 1 aromatic carbocycles. The molecule has 7 heteroatoms. The van der Waals surface area contributed by atoms with Gasteiger partial charge >= 0.3 is 0 Å². The Morgan fingerprint density at radius 2 is 2.00 bits per heavy atom. The number of nitrogens with zero attached hydrogens (tertiary/aromatic N) is 2. The Morgan fingerprint density at radius 1 is 1.26 bits per heavy atom. The predicted octanol–water partition coefficient (Wildman–Crippen LogP) is 3.73. The number of aliphatic hydroxyl groups is 1. The highest BCUT2D eigenvalue weighted by Crippen LogP contribution is 2.41. The second-order valence-electron chi connectivity index (χ2n) is 4.93. The average Bonchev–Trinajstić information content (AvgIpc) is 2.88.